The SMILES string of the molecule is CCOC(=O)Oc1ccc(C(=O)N2CCC(NC(=O)CCc3ccc(Br)cc3)CC2)cc1. The monoisotopic (exact) mass is 502 g/mol. The molecule has 0 aromatic heterocycles. The smallest absolute Gasteiger partial charge is 0.434 e. The van der Waals surface area contributed by atoms with E-state index in [1.807, 2.05) is 24.3 Å². The van der Waals surface area contributed by atoms with Crippen molar-refractivity contribution in [2.75, 3.05) is 19.7 Å². The first-order valence-electron chi connectivity index (χ1n) is 10.7. The number of hydrogen-bond acceptors (Lipinski definition) is 5. The van der Waals surface area contributed by atoms with Crippen LogP contribution in [0.3, 0.4) is 0 Å². The van der Waals surface area contributed by atoms with Crippen molar-refractivity contribution in [3.8, 4) is 5.75 Å². The molecule has 0 aliphatic carbocycles. The molecule has 0 bridgehead atoms. The van der Waals surface area contributed by atoms with Crippen molar-refractivity contribution in [1.82, 2.24) is 10.2 Å². The van der Waals surface area contributed by atoms with Gasteiger partial charge in [0.05, 0.1) is 6.61 Å². The predicted octanol–water partition coefficient (Wildman–Crippen LogP) is 4.34. The fourth-order valence-electron chi connectivity index (χ4n) is 3.53. The van der Waals surface area contributed by atoms with Gasteiger partial charge in [-0.1, -0.05) is 28.1 Å². The van der Waals surface area contributed by atoms with Gasteiger partial charge in [0.25, 0.3) is 5.91 Å². The molecule has 3 rings (SSSR count). The van der Waals surface area contributed by atoms with Crippen LogP contribution in [-0.4, -0.2) is 48.6 Å². The van der Waals surface area contributed by atoms with Gasteiger partial charge in [-0.05, 0) is 68.1 Å². The van der Waals surface area contributed by atoms with Crippen LogP contribution >= 0.6 is 15.9 Å². The topological polar surface area (TPSA) is 84.9 Å². The Bertz CT molecular complexity index is 922. The maximum atomic E-state index is 12.8. The number of aryl methyl sites for hydroxylation is 1. The van der Waals surface area contributed by atoms with Crippen LogP contribution in [0, 0.1) is 0 Å². The molecule has 1 N–H and O–H groups in total. The lowest BCUT2D eigenvalue weighted by molar-refractivity contribution is -0.122. The van der Waals surface area contributed by atoms with E-state index in [0.29, 0.717) is 37.2 Å². The largest absolute Gasteiger partial charge is 0.513 e. The summed E-state index contributed by atoms with van der Waals surface area (Å²) in [6.07, 6.45) is 1.82. The molecule has 1 aliphatic rings. The van der Waals surface area contributed by atoms with Gasteiger partial charge in [-0.2, -0.15) is 0 Å². The molecule has 1 saturated heterocycles. The molecule has 170 valence electrons. The van der Waals surface area contributed by atoms with Gasteiger partial charge < -0.3 is 19.7 Å². The van der Waals surface area contributed by atoms with E-state index < -0.39 is 6.16 Å². The highest BCUT2D eigenvalue weighted by Crippen LogP contribution is 2.18. The molecular formula is C24H27BrN2O5. The third-order valence-electron chi connectivity index (χ3n) is 5.27. The minimum Gasteiger partial charge on any atom is -0.434 e. The summed E-state index contributed by atoms with van der Waals surface area (Å²) < 4.78 is 10.8. The first kappa shape index (κ1) is 23.8. The van der Waals surface area contributed by atoms with Crippen LogP contribution in [0.2, 0.25) is 0 Å². The van der Waals surface area contributed by atoms with Gasteiger partial charge in [-0.25, -0.2) is 4.79 Å². The van der Waals surface area contributed by atoms with Crippen molar-refractivity contribution in [2.24, 2.45) is 0 Å². The second-order valence-electron chi connectivity index (χ2n) is 7.57. The Hall–Kier alpha value is -2.87. The van der Waals surface area contributed by atoms with Gasteiger partial charge in [-0.15, -0.1) is 0 Å². The predicted molar refractivity (Wildman–Crippen MR) is 124 cm³/mol. The molecule has 1 fully saturated rings. The number of amides is 2. The second kappa shape index (κ2) is 11.7. The molecule has 32 heavy (non-hydrogen) atoms. The van der Waals surface area contributed by atoms with Gasteiger partial charge in [-0.3, -0.25) is 9.59 Å². The van der Waals surface area contributed by atoms with E-state index in [4.69, 9.17) is 9.47 Å². The lowest BCUT2D eigenvalue weighted by Gasteiger charge is -2.32. The van der Waals surface area contributed by atoms with Gasteiger partial charge in [0, 0.05) is 35.6 Å². The van der Waals surface area contributed by atoms with E-state index in [1.54, 1.807) is 36.1 Å². The Labute approximate surface area is 196 Å². The summed E-state index contributed by atoms with van der Waals surface area (Å²) in [5.41, 5.74) is 1.65. The third-order valence-corrected chi connectivity index (χ3v) is 5.79. The molecule has 0 radical (unpaired) electrons. The number of ether oxygens (including phenoxy) is 2. The number of carbonyl (C=O) groups is 3. The zero-order valence-corrected chi connectivity index (χ0v) is 19.6. The third kappa shape index (κ3) is 7.09. The van der Waals surface area contributed by atoms with Crippen LogP contribution < -0.4 is 10.1 Å². The maximum absolute atomic E-state index is 12.8. The average Bonchev–Trinajstić information content (AvgIpc) is 2.79. The summed E-state index contributed by atoms with van der Waals surface area (Å²) >= 11 is 3.41. The van der Waals surface area contributed by atoms with E-state index in [0.717, 1.165) is 22.9 Å². The normalized spacial score (nSPS) is 14.0. The molecular weight excluding hydrogens is 476 g/mol. The molecule has 0 atom stereocenters. The minimum atomic E-state index is -0.771. The van der Waals surface area contributed by atoms with Crippen molar-refractivity contribution in [3.05, 3.63) is 64.1 Å². The number of benzene rings is 2. The number of hydrogen-bond donors (Lipinski definition) is 1. The molecule has 0 unspecified atom stereocenters. The van der Waals surface area contributed by atoms with Gasteiger partial charge in [0.2, 0.25) is 5.91 Å². The minimum absolute atomic E-state index is 0.0369. The number of rotatable bonds is 7. The van der Waals surface area contributed by atoms with Gasteiger partial charge >= 0.3 is 6.16 Å². The van der Waals surface area contributed by atoms with Gasteiger partial charge in [0.15, 0.2) is 0 Å². The number of halogens is 1. The molecule has 2 aromatic carbocycles. The molecule has 2 aromatic rings. The molecule has 0 spiro atoms. The fraction of sp³-hybridized carbons (Fsp3) is 0.375. The molecule has 2 amide bonds. The molecule has 0 saturated carbocycles. The highest BCUT2D eigenvalue weighted by molar-refractivity contribution is 9.10. The van der Waals surface area contributed by atoms with Crippen molar-refractivity contribution in [3.63, 3.8) is 0 Å². The van der Waals surface area contributed by atoms with Crippen LogP contribution in [-0.2, 0) is 16.0 Å². The Morgan fingerprint density at radius 2 is 1.69 bits per heavy atom. The average molecular weight is 503 g/mol. The maximum Gasteiger partial charge on any atom is 0.513 e. The Morgan fingerprint density at radius 3 is 2.31 bits per heavy atom. The van der Waals surface area contributed by atoms with E-state index in [1.165, 1.54) is 0 Å². The van der Waals surface area contributed by atoms with Crippen LogP contribution in [0.4, 0.5) is 4.79 Å². The molecule has 8 heteroatoms. The summed E-state index contributed by atoms with van der Waals surface area (Å²) in [6, 6.07) is 14.5. The summed E-state index contributed by atoms with van der Waals surface area (Å²) in [7, 11) is 0. The first-order valence-corrected chi connectivity index (χ1v) is 11.5. The van der Waals surface area contributed by atoms with Crippen LogP contribution in [0.15, 0.2) is 53.0 Å². The van der Waals surface area contributed by atoms with Crippen LogP contribution in [0.25, 0.3) is 0 Å². The zero-order valence-electron chi connectivity index (χ0n) is 18.0. The Balaban J connectivity index is 1.41. The number of piperidine rings is 1. The number of carbonyl (C=O) groups excluding carboxylic acids is 3. The molecule has 1 heterocycles. The highest BCUT2D eigenvalue weighted by atomic mass is 79.9. The molecule has 7 nitrogen and oxygen atoms in total. The van der Waals surface area contributed by atoms with Crippen molar-refractivity contribution >= 4 is 33.9 Å². The van der Waals surface area contributed by atoms with E-state index in [-0.39, 0.29) is 24.5 Å². The summed E-state index contributed by atoms with van der Waals surface area (Å²) in [6.45, 7) is 3.09. The zero-order chi connectivity index (χ0) is 22.9. The van der Waals surface area contributed by atoms with Crippen LogP contribution in [0.5, 0.6) is 5.75 Å². The lowest BCUT2D eigenvalue weighted by Crippen LogP contribution is -2.46. The van der Waals surface area contributed by atoms with Gasteiger partial charge in [0.1, 0.15) is 5.75 Å². The Morgan fingerprint density at radius 1 is 1.03 bits per heavy atom. The summed E-state index contributed by atoms with van der Waals surface area (Å²) in [4.78, 5) is 38.2. The second-order valence-corrected chi connectivity index (χ2v) is 8.49. The van der Waals surface area contributed by atoms with E-state index >= 15 is 0 Å². The van der Waals surface area contributed by atoms with Crippen molar-refractivity contribution in [2.45, 2.75) is 38.6 Å². The number of nitrogens with one attached hydrogen (secondary N) is 1. The van der Waals surface area contributed by atoms with E-state index in [9.17, 15) is 14.4 Å². The van der Waals surface area contributed by atoms with Crippen molar-refractivity contribution in [1.29, 1.82) is 0 Å². The quantitative estimate of drug-likeness (QED) is 0.449. The van der Waals surface area contributed by atoms with Crippen molar-refractivity contribution < 1.29 is 23.9 Å². The van der Waals surface area contributed by atoms with E-state index in [2.05, 4.69) is 21.2 Å². The first-order chi connectivity index (χ1) is 15.4. The molecule has 1 aliphatic heterocycles. The number of nitrogens with zero attached hydrogens (tertiary/aromatic N) is 1. The fourth-order valence-corrected chi connectivity index (χ4v) is 3.79. The Kier molecular flexibility index (Phi) is 8.67. The van der Waals surface area contributed by atoms with Crippen LogP contribution in [0.1, 0.15) is 42.1 Å². The summed E-state index contributed by atoms with van der Waals surface area (Å²) in [5, 5.41) is 3.09. The highest BCUT2D eigenvalue weighted by Gasteiger charge is 2.24. The number of likely N-dealkylation sites (tertiary alicyclic amines) is 1. The summed E-state index contributed by atoms with van der Waals surface area (Å²) in [5.74, 6) is 0.284. The standard InChI is InChI=1S/C24H27BrN2O5/c1-2-31-24(30)32-21-10-6-18(7-11-21)23(29)27-15-13-20(14-16-27)26-22(28)12-5-17-3-8-19(25)9-4-17/h3-4,6-11,20H,2,5,12-16H2,1H3,(H,26,28). The lowest BCUT2D eigenvalue weighted by atomic mass is 10.0.